The van der Waals surface area contributed by atoms with E-state index in [1.165, 1.54) is 12.1 Å². The van der Waals surface area contributed by atoms with Gasteiger partial charge in [-0.15, -0.1) is 0 Å². The first-order valence-electron chi connectivity index (χ1n) is 5.71. The molecule has 0 aliphatic carbocycles. The van der Waals surface area contributed by atoms with Gasteiger partial charge in [-0.1, -0.05) is 30.1 Å². The number of halogens is 3. The van der Waals surface area contributed by atoms with Crippen LogP contribution >= 0.6 is 23.2 Å². The molecule has 8 heteroatoms. The van der Waals surface area contributed by atoms with Crippen molar-refractivity contribution in [3.63, 3.8) is 0 Å². The Morgan fingerprint density at radius 3 is 2.32 bits per heavy atom. The van der Waals surface area contributed by atoms with Crippen LogP contribution < -0.4 is 10.0 Å². The number of hydrogen-bond acceptors (Lipinski definition) is 3. The third-order valence-corrected chi connectivity index (χ3v) is 4.07. The molecule has 0 unspecified atom stereocenters. The van der Waals surface area contributed by atoms with Crippen LogP contribution in [0.3, 0.4) is 0 Å². The summed E-state index contributed by atoms with van der Waals surface area (Å²) in [5.74, 6) is -0.851. The van der Waals surface area contributed by atoms with Crippen molar-refractivity contribution in [3.05, 3.63) is 28.0 Å². The molecule has 0 fully saturated rings. The molecule has 0 aliphatic heterocycles. The lowest BCUT2D eigenvalue weighted by molar-refractivity contribution is 0.595. The Morgan fingerprint density at radius 2 is 1.79 bits per heavy atom. The van der Waals surface area contributed by atoms with E-state index in [1.54, 1.807) is 0 Å². The van der Waals surface area contributed by atoms with Crippen LogP contribution in [0.15, 0.2) is 12.1 Å². The molecule has 4 nitrogen and oxygen atoms in total. The van der Waals surface area contributed by atoms with Crippen LogP contribution in [0.5, 0.6) is 0 Å². The normalized spacial score (nSPS) is 11.6. The summed E-state index contributed by atoms with van der Waals surface area (Å²) in [6.07, 6.45) is 0.927. The van der Waals surface area contributed by atoms with Crippen LogP contribution in [0, 0.1) is 5.82 Å². The summed E-state index contributed by atoms with van der Waals surface area (Å²) in [6, 6.07) is 2.36. The lowest BCUT2D eigenvalue weighted by Crippen LogP contribution is -2.27. The van der Waals surface area contributed by atoms with Gasteiger partial charge in [-0.05, 0) is 25.1 Å². The van der Waals surface area contributed by atoms with Crippen LogP contribution in [0.1, 0.15) is 13.3 Å². The maximum absolute atomic E-state index is 13.2. The molecule has 1 rings (SSSR count). The van der Waals surface area contributed by atoms with E-state index in [-0.39, 0.29) is 21.5 Å². The van der Waals surface area contributed by atoms with Crippen LogP contribution in [0.4, 0.5) is 10.1 Å². The fourth-order valence-corrected chi connectivity index (χ4v) is 2.83. The van der Waals surface area contributed by atoms with Crippen molar-refractivity contribution in [3.8, 4) is 0 Å². The Kier molecular flexibility index (Phi) is 6.32. The highest BCUT2D eigenvalue weighted by Gasteiger charge is 2.13. The summed E-state index contributed by atoms with van der Waals surface area (Å²) >= 11 is 11.2. The van der Waals surface area contributed by atoms with E-state index < -0.39 is 15.8 Å². The zero-order valence-electron chi connectivity index (χ0n) is 10.3. The van der Waals surface area contributed by atoms with Gasteiger partial charge in [0.15, 0.2) is 5.82 Å². The van der Waals surface area contributed by atoms with Gasteiger partial charge in [0.25, 0.3) is 0 Å². The molecule has 0 aromatic heterocycles. The Hall–Kier alpha value is -0.560. The number of anilines is 1. The molecule has 2 N–H and O–H groups in total. The smallest absolute Gasteiger partial charge is 0.233 e. The van der Waals surface area contributed by atoms with Gasteiger partial charge in [-0.3, -0.25) is 4.72 Å². The first-order chi connectivity index (χ1) is 8.85. The lowest BCUT2D eigenvalue weighted by Gasteiger charge is -2.09. The van der Waals surface area contributed by atoms with E-state index in [0.29, 0.717) is 6.54 Å². The zero-order valence-corrected chi connectivity index (χ0v) is 12.7. The van der Waals surface area contributed by atoms with Gasteiger partial charge in [0.1, 0.15) is 0 Å². The summed E-state index contributed by atoms with van der Waals surface area (Å²) in [4.78, 5) is 0. The molecule has 0 aliphatic rings. The number of rotatable bonds is 7. The quantitative estimate of drug-likeness (QED) is 0.597. The number of nitrogens with one attached hydrogen (secondary N) is 2. The largest absolute Gasteiger partial charge is 0.316 e. The highest BCUT2D eigenvalue weighted by Crippen LogP contribution is 2.27. The Labute approximate surface area is 122 Å². The van der Waals surface area contributed by atoms with Gasteiger partial charge < -0.3 is 5.32 Å². The van der Waals surface area contributed by atoms with Crippen molar-refractivity contribution < 1.29 is 12.8 Å². The van der Waals surface area contributed by atoms with Crippen molar-refractivity contribution >= 4 is 38.9 Å². The second kappa shape index (κ2) is 7.28. The molecule has 0 radical (unpaired) electrons. The van der Waals surface area contributed by atoms with Gasteiger partial charge >= 0.3 is 0 Å². The predicted octanol–water partition coefficient (Wildman–Crippen LogP) is 2.87. The van der Waals surface area contributed by atoms with Crippen molar-refractivity contribution in [2.75, 3.05) is 23.6 Å². The zero-order chi connectivity index (χ0) is 14.5. The monoisotopic (exact) mass is 328 g/mol. The average molecular weight is 329 g/mol. The number of benzene rings is 1. The fraction of sp³-hybridized carbons (Fsp3) is 0.455. The molecular weight excluding hydrogens is 314 g/mol. The van der Waals surface area contributed by atoms with Crippen molar-refractivity contribution in [2.45, 2.75) is 13.3 Å². The minimum atomic E-state index is -3.51. The molecule has 19 heavy (non-hydrogen) atoms. The molecule has 1 aromatic rings. The minimum absolute atomic E-state index is 0.0837. The molecule has 0 heterocycles. The summed E-state index contributed by atoms with van der Waals surface area (Å²) in [7, 11) is -3.51. The highest BCUT2D eigenvalue weighted by atomic mass is 35.5. The Balaban J connectivity index is 2.68. The van der Waals surface area contributed by atoms with E-state index in [0.717, 1.165) is 13.0 Å². The minimum Gasteiger partial charge on any atom is -0.316 e. The molecule has 0 bridgehead atoms. The van der Waals surface area contributed by atoms with Crippen LogP contribution in [0.25, 0.3) is 0 Å². The molecular formula is C11H15Cl2FN2O2S. The molecule has 1 aromatic carbocycles. The van der Waals surface area contributed by atoms with E-state index >= 15 is 0 Å². The topological polar surface area (TPSA) is 58.2 Å². The van der Waals surface area contributed by atoms with Gasteiger partial charge in [-0.2, -0.15) is 0 Å². The van der Waals surface area contributed by atoms with Gasteiger partial charge in [0, 0.05) is 6.54 Å². The predicted molar refractivity (Wildman–Crippen MR) is 77.0 cm³/mol. The third kappa shape index (κ3) is 5.52. The van der Waals surface area contributed by atoms with Crippen LogP contribution in [-0.2, 0) is 10.0 Å². The maximum atomic E-state index is 13.2. The van der Waals surface area contributed by atoms with Gasteiger partial charge in [0.05, 0.1) is 21.5 Å². The molecule has 0 saturated carbocycles. The van der Waals surface area contributed by atoms with Gasteiger partial charge in [-0.25, -0.2) is 12.8 Å². The first kappa shape index (κ1) is 16.5. The molecule has 0 spiro atoms. The molecule has 0 saturated heterocycles. The maximum Gasteiger partial charge on any atom is 0.233 e. The third-order valence-electron chi connectivity index (χ3n) is 2.23. The van der Waals surface area contributed by atoms with Crippen LogP contribution in [0.2, 0.25) is 10.0 Å². The summed E-state index contributed by atoms with van der Waals surface area (Å²) in [5, 5.41) is 2.52. The summed E-state index contributed by atoms with van der Waals surface area (Å²) < 4.78 is 39.0. The number of hydrogen-bond donors (Lipinski definition) is 2. The first-order valence-corrected chi connectivity index (χ1v) is 8.12. The fourth-order valence-electron chi connectivity index (χ4n) is 1.35. The standard InChI is InChI=1S/C11H15Cl2FN2O2S/c1-2-3-15-4-5-19(17,18)16-8-6-9(12)11(14)10(13)7-8/h6-7,15-16H,2-5H2,1H3. The average Bonchev–Trinajstić information content (AvgIpc) is 2.31. The van der Waals surface area contributed by atoms with Crippen molar-refractivity contribution in [1.29, 1.82) is 0 Å². The van der Waals surface area contributed by atoms with Gasteiger partial charge in [0.2, 0.25) is 10.0 Å². The van der Waals surface area contributed by atoms with Crippen molar-refractivity contribution in [2.24, 2.45) is 0 Å². The Morgan fingerprint density at radius 1 is 1.21 bits per heavy atom. The second-order valence-electron chi connectivity index (χ2n) is 3.92. The van der Waals surface area contributed by atoms with E-state index in [1.807, 2.05) is 6.92 Å². The van der Waals surface area contributed by atoms with Crippen molar-refractivity contribution in [1.82, 2.24) is 5.32 Å². The summed E-state index contributed by atoms with van der Waals surface area (Å²) in [6.45, 7) is 3.08. The van der Waals surface area contributed by atoms with Crippen LogP contribution in [-0.4, -0.2) is 27.3 Å². The molecule has 0 atom stereocenters. The second-order valence-corrected chi connectivity index (χ2v) is 6.58. The lowest BCUT2D eigenvalue weighted by atomic mass is 10.3. The molecule has 108 valence electrons. The number of sulfonamides is 1. The van der Waals surface area contributed by atoms with E-state index in [4.69, 9.17) is 23.2 Å². The highest BCUT2D eigenvalue weighted by molar-refractivity contribution is 7.92. The summed E-state index contributed by atoms with van der Waals surface area (Å²) in [5.41, 5.74) is 0.145. The SMILES string of the molecule is CCCNCCS(=O)(=O)Nc1cc(Cl)c(F)c(Cl)c1. The Bertz CT molecular complexity index is 514. The van der Waals surface area contributed by atoms with E-state index in [9.17, 15) is 12.8 Å². The van der Waals surface area contributed by atoms with E-state index in [2.05, 4.69) is 10.0 Å². The molecule has 0 amide bonds.